The van der Waals surface area contributed by atoms with Crippen LogP contribution in [0, 0.1) is 0 Å². The van der Waals surface area contributed by atoms with E-state index < -0.39 is 5.97 Å². The minimum Gasteiger partial charge on any atom is -0.486 e. The van der Waals surface area contributed by atoms with Gasteiger partial charge in [0.05, 0.1) is 12.1 Å². The van der Waals surface area contributed by atoms with E-state index in [1.807, 2.05) is 37.3 Å². The summed E-state index contributed by atoms with van der Waals surface area (Å²) < 4.78 is 5.66. The lowest BCUT2D eigenvalue weighted by atomic mass is 10.2. The number of carboxylic acid groups (broad SMARTS) is 1. The van der Waals surface area contributed by atoms with E-state index in [9.17, 15) is 4.79 Å². The molecular formula is C15H17NO3S. The van der Waals surface area contributed by atoms with Crippen LogP contribution >= 0.6 is 11.3 Å². The molecule has 20 heavy (non-hydrogen) atoms. The fraction of sp³-hybridized carbons (Fsp3) is 0.333. The van der Waals surface area contributed by atoms with Gasteiger partial charge < -0.3 is 9.84 Å². The Balaban J connectivity index is 1.99. The van der Waals surface area contributed by atoms with E-state index in [1.165, 1.54) is 0 Å². The summed E-state index contributed by atoms with van der Waals surface area (Å²) in [7, 11) is 0. The average Bonchev–Trinajstić information content (AvgIpc) is 2.86. The Kier molecular flexibility index (Phi) is 5.12. The number of nitrogens with zero attached hydrogens (tertiary/aromatic N) is 1. The van der Waals surface area contributed by atoms with Crippen LogP contribution < -0.4 is 4.74 Å². The lowest BCUT2D eigenvalue weighted by Gasteiger charge is -2.02. The van der Waals surface area contributed by atoms with Gasteiger partial charge in [0, 0.05) is 4.88 Å². The summed E-state index contributed by atoms with van der Waals surface area (Å²) in [5.41, 5.74) is 0.989. The first-order valence-corrected chi connectivity index (χ1v) is 7.37. The van der Waals surface area contributed by atoms with Crippen molar-refractivity contribution in [2.24, 2.45) is 0 Å². The monoisotopic (exact) mass is 291 g/mol. The maximum absolute atomic E-state index is 10.6. The molecule has 0 aliphatic rings. The van der Waals surface area contributed by atoms with Crippen molar-refractivity contribution in [2.45, 2.75) is 32.8 Å². The van der Waals surface area contributed by atoms with E-state index in [0.29, 0.717) is 13.0 Å². The van der Waals surface area contributed by atoms with Crippen LogP contribution in [0.4, 0.5) is 0 Å². The Hall–Kier alpha value is -1.88. The lowest BCUT2D eigenvalue weighted by molar-refractivity contribution is -0.136. The molecule has 0 aliphatic heterocycles. The third-order valence-electron chi connectivity index (χ3n) is 2.83. The molecule has 0 radical (unpaired) electrons. The number of rotatable bonds is 7. The zero-order valence-electron chi connectivity index (χ0n) is 11.3. The Morgan fingerprint density at radius 2 is 2.10 bits per heavy atom. The van der Waals surface area contributed by atoms with Crippen LogP contribution in [0.25, 0.3) is 0 Å². The van der Waals surface area contributed by atoms with Gasteiger partial charge in [-0.15, -0.1) is 11.3 Å². The maximum atomic E-state index is 10.6. The Labute approximate surface area is 122 Å². The topological polar surface area (TPSA) is 59.4 Å². The molecular weight excluding hydrogens is 274 g/mol. The number of thiazole rings is 1. The van der Waals surface area contributed by atoms with E-state index in [1.54, 1.807) is 11.3 Å². The van der Waals surface area contributed by atoms with Gasteiger partial charge in [-0.3, -0.25) is 4.79 Å². The van der Waals surface area contributed by atoms with Crippen molar-refractivity contribution in [1.82, 2.24) is 4.98 Å². The predicted molar refractivity (Wildman–Crippen MR) is 78.2 cm³/mol. The second-order valence-corrected chi connectivity index (χ2v) is 5.49. The molecule has 1 heterocycles. The van der Waals surface area contributed by atoms with Crippen LogP contribution in [0.2, 0.25) is 0 Å². The zero-order chi connectivity index (χ0) is 14.4. The van der Waals surface area contributed by atoms with Crippen molar-refractivity contribution in [3.05, 3.63) is 45.9 Å². The minimum absolute atomic E-state index is 0.147. The molecule has 2 rings (SSSR count). The second-order valence-electron chi connectivity index (χ2n) is 4.33. The normalized spacial score (nSPS) is 10.4. The highest BCUT2D eigenvalue weighted by atomic mass is 32.1. The quantitative estimate of drug-likeness (QED) is 0.850. The lowest BCUT2D eigenvalue weighted by Crippen LogP contribution is -1.98. The zero-order valence-corrected chi connectivity index (χ0v) is 12.2. The van der Waals surface area contributed by atoms with Crippen LogP contribution in [-0.4, -0.2) is 16.1 Å². The second kappa shape index (κ2) is 7.05. The molecule has 0 unspecified atom stereocenters. The third kappa shape index (κ3) is 4.06. The van der Waals surface area contributed by atoms with Gasteiger partial charge in [-0.25, -0.2) is 4.98 Å². The number of carboxylic acids is 1. The molecule has 0 bridgehead atoms. The molecule has 0 amide bonds. The molecule has 1 N–H and O–H groups in total. The van der Waals surface area contributed by atoms with Crippen LogP contribution in [0.5, 0.6) is 5.75 Å². The highest BCUT2D eigenvalue weighted by Gasteiger charge is 2.11. The van der Waals surface area contributed by atoms with Crippen molar-refractivity contribution in [3.63, 3.8) is 0 Å². The Bertz CT molecular complexity index is 566. The third-order valence-corrected chi connectivity index (χ3v) is 3.96. The number of aliphatic carboxylic acids is 1. The fourth-order valence-electron chi connectivity index (χ4n) is 1.85. The fourth-order valence-corrected chi connectivity index (χ4v) is 2.92. The smallest absolute Gasteiger partial charge is 0.303 e. The summed E-state index contributed by atoms with van der Waals surface area (Å²) >= 11 is 1.55. The first kappa shape index (κ1) is 14.5. The predicted octanol–water partition coefficient (Wildman–Crippen LogP) is 3.30. The van der Waals surface area contributed by atoms with E-state index in [0.717, 1.165) is 27.7 Å². The van der Waals surface area contributed by atoms with Crippen molar-refractivity contribution >= 4 is 17.3 Å². The van der Waals surface area contributed by atoms with Crippen LogP contribution in [0.15, 0.2) is 30.3 Å². The van der Waals surface area contributed by atoms with Crippen molar-refractivity contribution in [3.8, 4) is 5.75 Å². The highest BCUT2D eigenvalue weighted by Crippen LogP contribution is 2.22. The number of ether oxygens (including phenoxy) is 1. The van der Waals surface area contributed by atoms with E-state index in [-0.39, 0.29) is 6.42 Å². The molecule has 0 saturated heterocycles. The minimum atomic E-state index is -0.775. The summed E-state index contributed by atoms with van der Waals surface area (Å²) in [4.78, 5) is 16.2. The molecule has 5 heteroatoms. The van der Waals surface area contributed by atoms with E-state index in [4.69, 9.17) is 9.84 Å². The largest absolute Gasteiger partial charge is 0.486 e. The van der Waals surface area contributed by atoms with Crippen LogP contribution in [0.1, 0.15) is 28.9 Å². The van der Waals surface area contributed by atoms with Crippen molar-refractivity contribution in [2.75, 3.05) is 0 Å². The molecule has 4 nitrogen and oxygen atoms in total. The number of aryl methyl sites for hydroxylation is 2. The Morgan fingerprint density at radius 3 is 2.75 bits per heavy atom. The SMILES string of the molecule is CCc1nc(COc2ccccc2)sc1CCC(=O)O. The molecule has 2 aromatic rings. The van der Waals surface area contributed by atoms with Crippen molar-refractivity contribution < 1.29 is 14.6 Å². The summed E-state index contributed by atoms with van der Waals surface area (Å²) in [6.45, 7) is 2.45. The van der Waals surface area contributed by atoms with Gasteiger partial charge >= 0.3 is 5.97 Å². The van der Waals surface area contributed by atoms with Gasteiger partial charge in [-0.2, -0.15) is 0 Å². The number of hydrogen-bond acceptors (Lipinski definition) is 4. The van der Waals surface area contributed by atoms with Gasteiger partial charge in [0.25, 0.3) is 0 Å². The molecule has 0 saturated carbocycles. The number of para-hydroxylation sites is 1. The first-order valence-electron chi connectivity index (χ1n) is 6.56. The first-order chi connectivity index (χ1) is 9.69. The van der Waals surface area contributed by atoms with Gasteiger partial charge in [0.15, 0.2) is 0 Å². The van der Waals surface area contributed by atoms with E-state index >= 15 is 0 Å². The van der Waals surface area contributed by atoms with Crippen LogP contribution in [-0.2, 0) is 24.2 Å². The number of hydrogen-bond donors (Lipinski definition) is 1. The number of benzene rings is 1. The van der Waals surface area contributed by atoms with Crippen molar-refractivity contribution in [1.29, 1.82) is 0 Å². The van der Waals surface area contributed by atoms with E-state index in [2.05, 4.69) is 4.98 Å². The molecule has 0 aliphatic carbocycles. The van der Waals surface area contributed by atoms with Gasteiger partial charge in [0.2, 0.25) is 0 Å². The molecule has 0 spiro atoms. The van der Waals surface area contributed by atoms with Crippen LogP contribution in [0.3, 0.4) is 0 Å². The maximum Gasteiger partial charge on any atom is 0.303 e. The molecule has 1 aromatic heterocycles. The van der Waals surface area contributed by atoms with Gasteiger partial charge in [0.1, 0.15) is 17.4 Å². The molecule has 1 aromatic carbocycles. The highest BCUT2D eigenvalue weighted by molar-refractivity contribution is 7.11. The summed E-state index contributed by atoms with van der Waals surface area (Å²) in [6.07, 6.45) is 1.51. The number of aromatic nitrogens is 1. The summed E-state index contributed by atoms with van der Waals surface area (Å²) in [5.74, 6) is 0.0374. The summed E-state index contributed by atoms with van der Waals surface area (Å²) in [5, 5.41) is 9.65. The van der Waals surface area contributed by atoms with Gasteiger partial charge in [-0.05, 0) is 25.0 Å². The summed E-state index contributed by atoms with van der Waals surface area (Å²) in [6, 6.07) is 9.59. The standard InChI is InChI=1S/C15H17NO3S/c1-2-12-13(8-9-15(17)18)20-14(16-12)10-19-11-6-4-3-5-7-11/h3-7H,2,8-10H2,1H3,(H,17,18). The molecule has 0 fully saturated rings. The molecule has 0 atom stereocenters. The van der Waals surface area contributed by atoms with Gasteiger partial charge in [-0.1, -0.05) is 25.1 Å². The Morgan fingerprint density at radius 1 is 1.35 bits per heavy atom. The average molecular weight is 291 g/mol. The number of carbonyl (C=O) groups is 1. The molecule has 106 valence electrons.